The molecule has 3 amide bonds. The molecule has 0 aliphatic carbocycles. The first-order valence-corrected chi connectivity index (χ1v) is 8.74. The van der Waals surface area contributed by atoms with Crippen LogP contribution in [-0.2, 0) is 19.4 Å². The number of nitro groups is 1. The van der Waals surface area contributed by atoms with E-state index in [4.69, 9.17) is 4.74 Å². The Bertz CT molecular complexity index is 864. The molecule has 0 atom stereocenters. The van der Waals surface area contributed by atoms with Crippen LogP contribution in [0.2, 0.25) is 0 Å². The Labute approximate surface area is 141 Å². The average molecular weight is 371 g/mol. The minimum Gasteiger partial charge on any atom is -0.452 e. The van der Waals surface area contributed by atoms with E-state index >= 15 is 0 Å². The molecule has 1 aromatic rings. The molecule has 0 spiro atoms. The number of ether oxygens (including phenoxy) is 1. The van der Waals surface area contributed by atoms with E-state index in [-0.39, 0.29) is 18.7 Å². The lowest BCUT2D eigenvalue weighted by molar-refractivity contribution is -0.387. The number of nitrogens with one attached hydrogen (secondary N) is 1. The summed E-state index contributed by atoms with van der Waals surface area (Å²) in [6, 6.07) is 2.11. The van der Waals surface area contributed by atoms with E-state index in [1.165, 1.54) is 0 Å². The maximum Gasteiger partial charge on any atom is 0.338 e. The van der Waals surface area contributed by atoms with Crippen LogP contribution in [-0.4, -0.2) is 62.1 Å². The van der Waals surface area contributed by atoms with Crippen molar-refractivity contribution in [2.24, 2.45) is 0 Å². The Balaban J connectivity index is 2.14. The number of imide groups is 1. The van der Waals surface area contributed by atoms with E-state index in [9.17, 15) is 32.9 Å². The zero-order valence-electron chi connectivity index (χ0n) is 12.9. The zero-order valence-corrected chi connectivity index (χ0v) is 13.7. The number of hydrogen-bond donors (Lipinski definition) is 1. The first-order valence-electron chi connectivity index (χ1n) is 6.85. The van der Waals surface area contributed by atoms with E-state index < -0.39 is 49.9 Å². The smallest absolute Gasteiger partial charge is 0.338 e. The highest BCUT2D eigenvalue weighted by molar-refractivity contribution is 7.90. The average Bonchev–Trinajstić information content (AvgIpc) is 2.96. The molecule has 1 fully saturated rings. The second-order valence-corrected chi connectivity index (χ2v) is 7.05. The van der Waals surface area contributed by atoms with Gasteiger partial charge in [0.1, 0.15) is 4.90 Å². The lowest BCUT2D eigenvalue weighted by Crippen LogP contribution is -2.37. The highest BCUT2D eigenvalue weighted by Crippen LogP contribution is 2.25. The van der Waals surface area contributed by atoms with Gasteiger partial charge >= 0.3 is 12.0 Å². The number of esters is 1. The van der Waals surface area contributed by atoms with Crippen LogP contribution in [0.4, 0.5) is 10.5 Å². The monoisotopic (exact) mass is 371 g/mol. The third-order valence-electron chi connectivity index (χ3n) is 3.28. The third-order valence-corrected chi connectivity index (χ3v) is 4.42. The molecule has 1 aliphatic rings. The number of carbonyl (C=O) groups is 3. The first-order chi connectivity index (χ1) is 11.6. The molecule has 1 aromatic carbocycles. The van der Waals surface area contributed by atoms with Gasteiger partial charge in [0, 0.05) is 25.4 Å². The molecular formula is C13H13N3O8S. The lowest BCUT2D eigenvalue weighted by Gasteiger charge is -2.12. The minimum absolute atomic E-state index is 0.143. The van der Waals surface area contributed by atoms with Crippen molar-refractivity contribution in [1.82, 2.24) is 10.2 Å². The molecule has 0 radical (unpaired) electrons. The van der Waals surface area contributed by atoms with E-state index in [2.05, 4.69) is 5.32 Å². The number of carbonyl (C=O) groups excluding carboxylic acids is 3. The van der Waals surface area contributed by atoms with Crippen molar-refractivity contribution < 1.29 is 32.5 Å². The van der Waals surface area contributed by atoms with Crippen molar-refractivity contribution in [1.29, 1.82) is 0 Å². The standard InChI is InChI=1S/C13H13N3O8S/c1-25(22,23)10-3-2-8(6-9(10)16(20)21)12(18)24-7-11(17)15-5-4-14-13(15)19/h2-3,6H,4-5,7H2,1H3,(H,14,19). The van der Waals surface area contributed by atoms with Gasteiger partial charge in [-0.15, -0.1) is 0 Å². The third kappa shape index (κ3) is 4.09. The molecule has 1 aliphatic heterocycles. The summed E-state index contributed by atoms with van der Waals surface area (Å²) in [5, 5.41) is 13.4. The van der Waals surface area contributed by atoms with Gasteiger partial charge in [0.05, 0.1) is 10.5 Å². The second-order valence-electron chi connectivity index (χ2n) is 5.07. The van der Waals surface area contributed by atoms with Gasteiger partial charge in [-0.05, 0) is 12.1 Å². The van der Waals surface area contributed by atoms with E-state index in [0.717, 1.165) is 29.4 Å². The first kappa shape index (κ1) is 18.3. The van der Waals surface area contributed by atoms with Crippen molar-refractivity contribution >= 4 is 33.4 Å². The van der Waals surface area contributed by atoms with Gasteiger partial charge in [-0.1, -0.05) is 0 Å². The Morgan fingerprint density at radius 1 is 1.40 bits per heavy atom. The number of urea groups is 1. The molecule has 0 aromatic heterocycles. The summed E-state index contributed by atoms with van der Waals surface area (Å²) in [4.78, 5) is 45.4. The van der Waals surface area contributed by atoms with Gasteiger partial charge in [-0.3, -0.25) is 19.8 Å². The summed E-state index contributed by atoms with van der Waals surface area (Å²) in [7, 11) is -3.86. The molecule has 2 rings (SSSR count). The Morgan fingerprint density at radius 3 is 2.60 bits per heavy atom. The van der Waals surface area contributed by atoms with Crippen LogP contribution in [0.15, 0.2) is 23.1 Å². The number of benzene rings is 1. The van der Waals surface area contributed by atoms with Crippen molar-refractivity contribution in [3.8, 4) is 0 Å². The Morgan fingerprint density at radius 2 is 2.08 bits per heavy atom. The van der Waals surface area contributed by atoms with Gasteiger partial charge in [0.2, 0.25) is 0 Å². The maximum atomic E-state index is 11.9. The van der Waals surface area contributed by atoms with Crippen molar-refractivity contribution in [2.75, 3.05) is 26.0 Å². The summed E-state index contributed by atoms with van der Waals surface area (Å²) in [6.45, 7) is -0.296. The van der Waals surface area contributed by atoms with Crippen LogP contribution in [0.3, 0.4) is 0 Å². The topological polar surface area (TPSA) is 153 Å². The van der Waals surface area contributed by atoms with Crippen LogP contribution in [0.5, 0.6) is 0 Å². The molecule has 1 N–H and O–H groups in total. The number of rotatable bonds is 5. The molecule has 134 valence electrons. The molecule has 12 heteroatoms. The summed E-state index contributed by atoms with van der Waals surface area (Å²) in [5.74, 6) is -1.80. The zero-order chi connectivity index (χ0) is 18.8. The van der Waals surface area contributed by atoms with E-state index in [1.807, 2.05) is 0 Å². The number of nitrogens with zero attached hydrogens (tertiary/aromatic N) is 2. The van der Waals surface area contributed by atoms with Crippen LogP contribution in [0.1, 0.15) is 10.4 Å². The Hall–Kier alpha value is -3.02. The predicted octanol–water partition coefficient (Wildman–Crippen LogP) is -0.293. The number of nitro benzene ring substituents is 1. The van der Waals surface area contributed by atoms with Crippen LogP contribution in [0, 0.1) is 10.1 Å². The maximum absolute atomic E-state index is 11.9. The highest BCUT2D eigenvalue weighted by atomic mass is 32.2. The quantitative estimate of drug-likeness (QED) is 0.421. The van der Waals surface area contributed by atoms with Gasteiger partial charge in [-0.2, -0.15) is 0 Å². The minimum atomic E-state index is -3.86. The normalized spacial score (nSPS) is 14.1. The largest absolute Gasteiger partial charge is 0.452 e. The molecular weight excluding hydrogens is 358 g/mol. The van der Waals surface area contributed by atoms with E-state index in [0.29, 0.717) is 0 Å². The SMILES string of the molecule is CS(=O)(=O)c1ccc(C(=O)OCC(=O)N2CCNC2=O)cc1[N+](=O)[O-]. The molecule has 11 nitrogen and oxygen atoms in total. The molecule has 0 saturated carbocycles. The molecule has 1 heterocycles. The van der Waals surface area contributed by atoms with Crippen molar-refractivity contribution in [3.05, 3.63) is 33.9 Å². The van der Waals surface area contributed by atoms with Crippen LogP contribution in [0.25, 0.3) is 0 Å². The van der Waals surface area contributed by atoms with Crippen LogP contribution < -0.4 is 5.32 Å². The molecule has 1 saturated heterocycles. The van der Waals surface area contributed by atoms with Gasteiger partial charge in [0.15, 0.2) is 16.4 Å². The van der Waals surface area contributed by atoms with Crippen molar-refractivity contribution in [2.45, 2.75) is 4.90 Å². The number of amides is 3. The molecule has 0 unspecified atom stereocenters. The number of sulfone groups is 1. The van der Waals surface area contributed by atoms with Crippen molar-refractivity contribution in [3.63, 3.8) is 0 Å². The van der Waals surface area contributed by atoms with Gasteiger partial charge in [0.25, 0.3) is 11.6 Å². The second kappa shape index (κ2) is 6.84. The number of hydrogen-bond acceptors (Lipinski definition) is 8. The lowest BCUT2D eigenvalue weighted by atomic mass is 10.2. The fraction of sp³-hybridized carbons (Fsp3) is 0.308. The molecule has 0 bridgehead atoms. The predicted molar refractivity (Wildman–Crippen MR) is 81.6 cm³/mol. The summed E-state index contributed by atoms with van der Waals surface area (Å²) >= 11 is 0. The fourth-order valence-electron chi connectivity index (χ4n) is 2.10. The van der Waals surface area contributed by atoms with Gasteiger partial charge < -0.3 is 10.1 Å². The van der Waals surface area contributed by atoms with Crippen LogP contribution >= 0.6 is 0 Å². The fourth-order valence-corrected chi connectivity index (χ4v) is 2.93. The molecule has 25 heavy (non-hydrogen) atoms. The summed E-state index contributed by atoms with van der Waals surface area (Å²) < 4.78 is 27.8. The summed E-state index contributed by atoms with van der Waals surface area (Å²) in [6.07, 6.45) is 0.799. The van der Waals surface area contributed by atoms with E-state index in [1.54, 1.807) is 0 Å². The highest BCUT2D eigenvalue weighted by Gasteiger charge is 2.28. The Kier molecular flexibility index (Phi) is 5.02. The van der Waals surface area contributed by atoms with Gasteiger partial charge in [-0.25, -0.2) is 18.0 Å². The summed E-state index contributed by atoms with van der Waals surface area (Å²) in [5.41, 5.74) is -1.07.